The fraction of sp³-hybridized carbons (Fsp3) is 0.312. The average Bonchev–Trinajstić information content (AvgIpc) is 3.01. The third kappa shape index (κ3) is 2.96. The van der Waals surface area contributed by atoms with E-state index in [-0.39, 0.29) is 18.1 Å². The summed E-state index contributed by atoms with van der Waals surface area (Å²) in [5, 5.41) is 0.669. The van der Waals surface area contributed by atoms with Gasteiger partial charge >= 0.3 is 0 Å². The topological polar surface area (TPSA) is 42.7 Å². The van der Waals surface area contributed by atoms with E-state index in [1.807, 2.05) is 36.1 Å². The van der Waals surface area contributed by atoms with Crippen molar-refractivity contribution in [3.05, 3.63) is 59.0 Å². The highest BCUT2D eigenvalue weighted by Crippen LogP contribution is 2.27. The van der Waals surface area contributed by atoms with Gasteiger partial charge < -0.3 is 14.1 Å². The average molecular weight is 306 g/mol. The zero-order chi connectivity index (χ0) is 14.8. The molecule has 1 saturated heterocycles. The number of furan rings is 1. The van der Waals surface area contributed by atoms with Crippen molar-refractivity contribution in [3.8, 4) is 0 Å². The Labute approximate surface area is 128 Å². The maximum absolute atomic E-state index is 12.5. The molecule has 3 rings (SSSR count). The van der Waals surface area contributed by atoms with E-state index in [4.69, 9.17) is 20.8 Å². The summed E-state index contributed by atoms with van der Waals surface area (Å²) in [6.07, 6.45) is 2.82. The summed E-state index contributed by atoms with van der Waals surface area (Å²) < 4.78 is 10.8. The number of halogens is 1. The van der Waals surface area contributed by atoms with Crippen LogP contribution in [0.25, 0.3) is 0 Å². The SMILES string of the molecule is C[C@H]1CO[C@@H](c2cccc(Cl)c2)CN1C(=O)c1ccoc1. The van der Waals surface area contributed by atoms with Gasteiger partial charge in [0.05, 0.1) is 31.0 Å². The molecule has 0 aliphatic carbocycles. The van der Waals surface area contributed by atoms with Crippen molar-refractivity contribution in [1.82, 2.24) is 4.90 Å². The lowest BCUT2D eigenvalue weighted by molar-refractivity contribution is -0.0486. The number of carbonyl (C=O) groups is 1. The van der Waals surface area contributed by atoms with Gasteiger partial charge in [-0.2, -0.15) is 0 Å². The molecule has 5 heteroatoms. The molecule has 0 N–H and O–H groups in total. The van der Waals surface area contributed by atoms with Crippen molar-refractivity contribution in [3.63, 3.8) is 0 Å². The first-order valence-electron chi connectivity index (χ1n) is 6.85. The second kappa shape index (κ2) is 5.92. The van der Waals surface area contributed by atoms with Gasteiger partial charge in [0.25, 0.3) is 5.91 Å². The lowest BCUT2D eigenvalue weighted by atomic mass is 10.1. The van der Waals surface area contributed by atoms with Gasteiger partial charge in [0, 0.05) is 5.02 Å². The fourth-order valence-corrected chi connectivity index (χ4v) is 2.70. The molecule has 1 fully saturated rings. The zero-order valence-electron chi connectivity index (χ0n) is 11.7. The molecule has 0 spiro atoms. The number of rotatable bonds is 2. The lowest BCUT2D eigenvalue weighted by Crippen LogP contribution is -2.48. The summed E-state index contributed by atoms with van der Waals surface area (Å²) in [5.74, 6) is -0.0356. The van der Waals surface area contributed by atoms with Crippen LogP contribution in [0.5, 0.6) is 0 Å². The summed E-state index contributed by atoms with van der Waals surface area (Å²) in [4.78, 5) is 14.3. The first kappa shape index (κ1) is 14.2. The van der Waals surface area contributed by atoms with E-state index in [1.54, 1.807) is 6.07 Å². The van der Waals surface area contributed by atoms with Gasteiger partial charge in [-0.15, -0.1) is 0 Å². The van der Waals surface area contributed by atoms with E-state index in [2.05, 4.69) is 0 Å². The third-order valence-corrected chi connectivity index (χ3v) is 3.92. The smallest absolute Gasteiger partial charge is 0.257 e. The summed E-state index contributed by atoms with van der Waals surface area (Å²) in [6.45, 7) is 2.98. The Hall–Kier alpha value is -1.78. The highest BCUT2D eigenvalue weighted by molar-refractivity contribution is 6.30. The van der Waals surface area contributed by atoms with Gasteiger partial charge in [-0.3, -0.25) is 4.79 Å². The Morgan fingerprint density at radius 1 is 1.38 bits per heavy atom. The lowest BCUT2D eigenvalue weighted by Gasteiger charge is -2.38. The molecule has 2 aromatic rings. The number of hydrogen-bond donors (Lipinski definition) is 0. The van der Waals surface area contributed by atoms with Crippen LogP contribution in [0.15, 0.2) is 47.3 Å². The minimum Gasteiger partial charge on any atom is -0.472 e. The van der Waals surface area contributed by atoms with Gasteiger partial charge in [0.2, 0.25) is 0 Å². The van der Waals surface area contributed by atoms with Crippen LogP contribution < -0.4 is 0 Å². The molecule has 1 amide bonds. The van der Waals surface area contributed by atoms with Gasteiger partial charge in [-0.25, -0.2) is 0 Å². The Bertz CT molecular complexity index is 626. The van der Waals surface area contributed by atoms with E-state index in [9.17, 15) is 4.79 Å². The molecule has 0 bridgehead atoms. The van der Waals surface area contributed by atoms with Crippen LogP contribution in [-0.4, -0.2) is 30.0 Å². The summed E-state index contributed by atoms with van der Waals surface area (Å²) in [6, 6.07) is 9.27. The van der Waals surface area contributed by atoms with Crippen molar-refractivity contribution in [2.75, 3.05) is 13.2 Å². The molecular weight excluding hydrogens is 290 g/mol. The minimum absolute atomic E-state index is 0.0304. The molecule has 0 radical (unpaired) electrons. The molecule has 1 aliphatic heterocycles. The fourth-order valence-electron chi connectivity index (χ4n) is 2.50. The van der Waals surface area contributed by atoms with E-state index < -0.39 is 0 Å². The van der Waals surface area contributed by atoms with Crippen LogP contribution >= 0.6 is 11.6 Å². The monoisotopic (exact) mass is 305 g/mol. The van der Waals surface area contributed by atoms with E-state index in [1.165, 1.54) is 12.5 Å². The highest BCUT2D eigenvalue weighted by atomic mass is 35.5. The Balaban J connectivity index is 1.80. The molecule has 0 unspecified atom stereocenters. The van der Waals surface area contributed by atoms with Crippen molar-refractivity contribution in [2.24, 2.45) is 0 Å². The van der Waals surface area contributed by atoms with Crippen molar-refractivity contribution in [2.45, 2.75) is 19.1 Å². The second-order valence-corrected chi connectivity index (χ2v) is 5.63. The molecule has 0 saturated carbocycles. The molecule has 1 aliphatic rings. The highest BCUT2D eigenvalue weighted by Gasteiger charge is 2.31. The van der Waals surface area contributed by atoms with Crippen LogP contribution in [0.1, 0.15) is 28.9 Å². The van der Waals surface area contributed by atoms with E-state index in [0.717, 1.165) is 5.56 Å². The number of nitrogens with zero attached hydrogens (tertiary/aromatic N) is 1. The Morgan fingerprint density at radius 3 is 2.95 bits per heavy atom. The molecule has 1 aromatic carbocycles. The predicted molar refractivity (Wildman–Crippen MR) is 79.4 cm³/mol. The molecule has 110 valence electrons. The third-order valence-electron chi connectivity index (χ3n) is 3.68. The van der Waals surface area contributed by atoms with Gasteiger partial charge in [-0.1, -0.05) is 23.7 Å². The van der Waals surface area contributed by atoms with Crippen LogP contribution in [0.3, 0.4) is 0 Å². The normalized spacial score (nSPS) is 22.3. The molecule has 1 aromatic heterocycles. The number of carbonyl (C=O) groups excluding carboxylic acids is 1. The molecule has 2 heterocycles. The summed E-state index contributed by atoms with van der Waals surface area (Å²) in [5.41, 5.74) is 1.55. The number of morpholine rings is 1. The molecular formula is C16H16ClNO3. The van der Waals surface area contributed by atoms with Crippen molar-refractivity contribution >= 4 is 17.5 Å². The Kier molecular flexibility index (Phi) is 3.99. The Morgan fingerprint density at radius 2 is 2.24 bits per heavy atom. The number of benzene rings is 1. The van der Waals surface area contributed by atoms with Gasteiger partial charge in [-0.05, 0) is 30.7 Å². The van der Waals surface area contributed by atoms with Crippen LogP contribution in [0.4, 0.5) is 0 Å². The first-order valence-corrected chi connectivity index (χ1v) is 7.23. The number of amides is 1. The zero-order valence-corrected chi connectivity index (χ0v) is 12.4. The predicted octanol–water partition coefficient (Wildman–Crippen LogP) is 3.54. The largest absolute Gasteiger partial charge is 0.472 e. The molecule has 2 atom stereocenters. The number of ether oxygens (including phenoxy) is 1. The van der Waals surface area contributed by atoms with Gasteiger partial charge in [0.15, 0.2) is 0 Å². The summed E-state index contributed by atoms with van der Waals surface area (Å²) in [7, 11) is 0. The maximum Gasteiger partial charge on any atom is 0.257 e. The maximum atomic E-state index is 12.5. The first-order chi connectivity index (χ1) is 10.1. The van der Waals surface area contributed by atoms with E-state index in [0.29, 0.717) is 23.7 Å². The summed E-state index contributed by atoms with van der Waals surface area (Å²) >= 11 is 6.02. The van der Waals surface area contributed by atoms with Gasteiger partial charge in [0.1, 0.15) is 12.4 Å². The van der Waals surface area contributed by atoms with Crippen LogP contribution in [0.2, 0.25) is 5.02 Å². The standard InChI is InChI=1S/C16H16ClNO3/c1-11-9-21-15(12-3-2-4-14(17)7-12)8-18(11)16(19)13-5-6-20-10-13/h2-7,10-11,15H,8-9H2,1H3/t11-,15+/m0/s1. The molecule has 21 heavy (non-hydrogen) atoms. The molecule has 4 nitrogen and oxygen atoms in total. The van der Waals surface area contributed by atoms with E-state index >= 15 is 0 Å². The van der Waals surface area contributed by atoms with Crippen LogP contribution in [0, 0.1) is 0 Å². The minimum atomic E-state index is -0.157. The van der Waals surface area contributed by atoms with Crippen molar-refractivity contribution < 1.29 is 13.9 Å². The van der Waals surface area contributed by atoms with Crippen molar-refractivity contribution in [1.29, 1.82) is 0 Å². The van der Waals surface area contributed by atoms with Crippen LogP contribution in [-0.2, 0) is 4.74 Å². The quantitative estimate of drug-likeness (QED) is 0.852. The second-order valence-electron chi connectivity index (χ2n) is 5.20. The number of hydrogen-bond acceptors (Lipinski definition) is 3.